The fourth-order valence-electron chi connectivity index (χ4n) is 2.66. The van der Waals surface area contributed by atoms with Crippen LogP contribution in [-0.2, 0) is 11.3 Å². The number of aromatic nitrogens is 2. The second kappa shape index (κ2) is 7.69. The standard InChI is InChI=1S/C15H27N5O2/c1-12(20-9-7-18(3)8-10-20)5-6-15(21)19(4)11-14-16-13(2)17-22-14/h12H,5-11H2,1-4H3/t12-/m1/s1. The first-order valence-electron chi connectivity index (χ1n) is 7.91. The number of nitrogens with zero attached hydrogens (tertiary/aromatic N) is 5. The summed E-state index contributed by atoms with van der Waals surface area (Å²) < 4.78 is 5.05. The molecule has 1 saturated heterocycles. The molecule has 1 aromatic rings. The van der Waals surface area contributed by atoms with Gasteiger partial charge >= 0.3 is 0 Å². The van der Waals surface area contributed by atoms with Crippen molar-refractivity contribution < 1.29 is 9.32 Å². The minimum Gasteiger partial charge on any atom is -0.337 e. The van der Waals surface area contributed by atoms with E-state index in [-0.39, 0.29) is 5.91 Å². The lowest BCUT2D eigenvalue weighted by molar-refractivity contribution is -0.131. The number of amides is 1. The van der Waals surface area contributed by atoms with E-state index in [1.165, 1.54) is 0 Å². The molecule has 0 unspecified atom stereocenters. The summed E-state index contributed by atoms with van der Waals surface area (Å²) in [6.45, 7) is 8.74. The minimum atomic E-state index is 0.122. The lowest BCUT2D eigenvalue weighted by Gasteiger charge is -2.36. The molecule has 0 bridgehead atoms. The molecule has 124 valence electrons. The van der Waals surface area contributed by atoms with E-state index in [9.17, 15) is 4.79 Å². The second-order valence-corrected chi connectivity index (χ2v) is 6.21. The van der Waals surface area contributed by atoms with Crippen LogP contribution in [0.4, 0.5) is 0 Å². The highest BCUT2D eigenvalue weighted by Crippen LogP contribution is 2.11. The molecule has 0 spiro atoms. The average Bonchev–Trinajstić information content (AvgIpc) is 2.90. The summed E-state index contributed by atoms with van der Waals surface area (Å²) in [7, 11) is 3.93. The molecule has 1 atom stereocenters. The smallest absolute Gasteiger partial charge is 0.246 e. The number of carbonyl (C=O) groups excluding carboxylic acids is 1. The quantitative estimate of drug-likeness (QED) is 0.773. The Morgan fingerprint density at radius 1 is 1.36 bits per heavy atom. The van der Waals surface area contributed by atoms with Gasteiger partial charge in [-0.05, 0) is 27.3 Å². The van der Waals surface area contributed by atoms with Gasteiger partial charge in [0, 0.05) is 45.7 Å². The van der Waals surface area contributed by atoms with Crippen molar-refractivity contribution >= 4 is 5.91 Å². The molecule has 0 radical (unpaired) electrons. The van der Waals surface area contributed by atoms with Crippen LogP contribution in [0.3, 0.4) is 0 Å². The van der Waals surface area contributed by atoms with Gasteiger partial charge in [0.05, 0.1) is 6.54 Å². The van der Waals surface area contributed by atoms with Crippen LogP contribution in [0.2, 0.25) is 0 Å². The number of hydrogen-bond acceptors (Lipinski definition) is 6. The molecule has 1 fully saturated rings. The third kappa shape index (κ3) is 4.78. The van der Waals surface area contributed by atoms with E-state index in [1.54, 1.807) is 18.9 Å². The molecule has 7 heteroatoms. The van der Waals surface area contributed by atoms with Crippen LogP contribution >= 0.6 is 0 Å². The Kier molecular flexibility index (Phi) is 5.90. The Balaban J connectivity index is 1.72. The van der Waals surface area contributed by atoms with Crippen molar-refractivity contribution in [2.24, 2.45) is 0 Å². The van der Waals surface area contributed by atoms with Crippen LogP contribution in [0.25, 0.3) is 0 Å². The SMILES string of the molecule is Cc1noc(CN(C)C(=O)CC[C@@H](C)N2CCN(C)CC2)n1. The Morgan fingerprint density at radius 3 is 2.64 bits per heavy atom. The first-order chi connectivity index (χ1) is 10.5. The number of aryl methyl sites for hydroxylation is 1. The highest BCUT2D eigenvalue weighted by atomic mass is 16.5. The molecule has 0 aromatic carbocycles. The van der Waals surface area contributed by atoms with Crippen molar-refractivity contribution in [3.8, 4) is 0 Å². The van der Waals surface area contributed by atoms with Crippen LogP contribution in [0.1, 0.15) is 31.5 Å². The molecule has 7 nitrogen and oxygen atoms in total. The molecular formula is C15H27N5O2. The van der Waals surface area contributed by atoms with Gasteiger partial charge in [0.15, 0.2) is 5.82 Å². The maximum Gasteiger partial charge on any atom is 0.246 e. The van der Waals surface area contributed by atoms with Gasteiger partial charge in [-0.3, -0.25) is 9.69 Å². The van der Waals surface area contributed by atoms with Crippen molar-refractivity contribution in [2.75, 3.05) is 40.3 Å². The van der Waals surface area contributed by atoms with E-state index < -0.39 is 0 Å². The average molecular weight is 309 g/mol. The van der Waals surface area contributed by atoms with E-state index in [0.29, 0.717) is 30.7 Å². The van der Waals surface area contributed by atoms with Gasteiger partial charge < -0.3 is 14.3 Å². The fraction of sp³-hybridized carbons (Fsp3) is 0.800. The summed E-state index contributed by atoms with van der Waals surface area (Å²) in [4.78, 5) is 22.8. The number of hydrogen-bond donors (Lipinski definition) is 0. The third-order valence-electron chi connectivity index (χ3n) is 4.31. The van der Waals surface area contributed by atoms with Gasteiger partial charge in [-0.1, -0.05) is 5.16 Å². The molecule has 0 aliphatic carbocycles. The molecule has 2 rings (SSSR count). The fourth-order valence-corrected chi connectivity index (χ4v) is 2.66. The molecule has 2 heterocycles. The number of carbonyl (C=O) groups is 1. The molecule has 1 aliphatic heterocycles. The maximum atomic E-state index is 12.2. The summed E-state index contributed by atoms with van der Waals surface area (Å²) in [6.07, 6.45) is 1.44. The first kappa shape index (κ1) is 16.9. The van der Waals surface area contributed by atoms with Crippen LogP contribution in [0.15, 0.2) is 4.52 Å². The van der Waals surface area contributed by atoms with E-state index in [0.717, 1.165) is 32.6 Å². The molecule has 1 aromatic heterocycles. The zero-order chi connectivity index (χ0) is 16.1. The number of piperazine rings is 1. The third-order valence-corrected chi connectivity index (χ3v) is 4.31. The number of rotatable bonds is 6. The van der Waals surface area contributed by atoms with Gasteiger partial charge in [-0.2, -0.15) is 4.98 Å². The molecule has 22 heavy (non-hydrogen) atoms. The van der Waals surface area contributed by atoms with Crippen molar-refractivity contribution in [1.29, 1.82) is 0 Å². The van der Waals surface area contributed by atoms with Crippen LogP contribution in [0.5, 0.6) is 0 Å². The highest BCUT2D eigenvalue weighted by Gasteiger charge is 2.20. The van der Waals surface area contributed by atoms with Gasteiger partial charge in [0.25, 0.3) is 0 Å². The maximum absolute atomic E-state index is 12.2. The monoisotopic (exact) mass is 309 g/mol. The summed E-state index contributed by atoms with van der Waals surface area (Å²) in [5, 5.41) is 3.74. The van der Waals surface area contributed by atoms with E-state index >= 15 is 0 Å². The predicted octanol–water partition coefficient (Wildman–Crippen LogP) is 0.753. The molecule has 1 amide bonds. The Bertz CT molecular complexity index is 482. The Labute approximate surface area is 132 Å². The summed E-state index contributed by atoms with van der Waals surface area (Å²) in [5.74, 6) is 1.21. The lowest BCUT2D eigenvalue weighted by atomic mass is 10.1. The minimum absolute atomic E-state index is 0.122. The molecule has 1 aliphatic rings. The largest absolute Gasteiger partial charge is 0.337 e. The van der Waals surface area contributed by atoms with Gasteiger partial charge in [0.1, 0.15) is 0 Å². The van der Waals surface area contributed by atoms with Gasteiger partial charge in [-0.15, -0.1) is 0 Å². The normalized spacial score (nSPS) is 18.4. The zero-order valence-corrected chi connectivity index (χ0v) is 14.1. The Hall–Kier alpha value is -1.47. The van der Waals surface area contributed by atoms with Gasteiger partial charge in [0.2, 0.25) is 11.8 Å². The predicted molar refractivity (Wildman–Crippen MR) is 83.3 cm³/mol. The van der Waals surface area contributed by atoms with E-state index in [1.807, 2.05) is 0 Å². The van der Waals surface area contributed by atoms with Crippen LogP contribution in [-0.4, -0.2) is 77.1 Å². The van der Waals surface area contributed by atoms with Crippen LogP contribution < -0.4 is 0 Å². The molecule has 0 N–H and O–H groups in total. The molecular weight excluding hydrogens is 282 g/mol. The van der Waals surface area contributed by atoms with Crippen molar-refractivity contribution in [1.82, 2.24) is 24.8 Å². The molecule has 0 saturated carbocycles. The number of likely N-dealkylation sites (N-methyl/N-ethyl adjacent to an activating group) is 1. The van der Waals surface area contributed by atoms with Crippen molar-refractivity contribution in [3.63, 3.8) is 0 Å². The topological polar surface area (TPSA) is 65.7 Å². The Morgan fingerprint density at radius 2 is 2.05 bits per heavy atom. The first-order valence-corrected chi connectivity index (χ1v) is 7.91. The zero-order valence-electron chi connectivity index (χ0n) is 14.1. The van der Waals surface area contributed by atoms with E-state index in [2.05, 4.69) is 33.9 Å². The summed E-state index contributed by atoms with van der Waals surface area (Å²) >= 11 is 0. The highest BCUT2D eigenvalue weighted by molar-refractivity contribution is 5.75. The van der Waals surface area contributed by atoms with E-state index in [4.69, 9.17) is 4.52 Å². The summed E-state index contributed by atoms with van der Waals surface area (Å²) in [5.41, 5.74) is 0. The summed E-state index contributed by atoms with van der Waals surface area (Å²) in [6, 6.07) is 0.441. The van der Waals surface area contributed by atoms with Gasteiger partial charge in [-0.25, -0.2) is 0 Å². The van der Waals surface area contributed by atoms with Crippen LogP contribution in [0, 0.1) is 6.92 Å². The lowest BCUT2D eigenvalue weighted by Crippen LogP contribution is -2.48. The second-order valence-electron chi connectivity index (χ2n) is 6.21. The van der Waals surface area contributed by atoms with Crippen molar-refractivity contribution in [3.05, 3.63) is 11.7 Å². The van der Waals surface area contributed by atoms with Crippen molar-refractivity contribution in [2.45, 2.75) is 39.3 Å².